The highest BCUT2D eigenvalue weighted by Gasteiger charge is 2.16. The average Bonchev–Trinajstić information content (AvgIpc) is 2.09. The zero-order chi connectivity index (χ0) is 10.9. The standard InChI is InChI=1S/C10H9BrF2O/c1-5-3-8(11)10(13)7(9(5)12)4-6(2)14/h3H,4H2,1-2H3. The van der Waals surface area contributed by atoms with Crippen LogP contribution in [-0.4, -0.2) is 5.78 Å². The summed E-state index contributed by atoms with van der Waals surface area (Å²) in [4.78, 5) is 10.8. The van der Waals surface area contributed by atoms with E-state index in [1.54, 1.807) is 0 Å². The fourth-order valence-corrected chi connectivity index (χ4v) is 1.78. The Morgan fingerprint density at radius 3 is 2.50 bits per heavy atom. The van der Waals surface area contributed by atoms with Gasteiger partial charge in [0.1, 0.15) is 17.4 Å². The van der Waals surface area contributed by atoms with Crippen molar-refractivity contribution in [2.45, 2.75) is 20.3 Å². The number of benzene rings is 1. The molecule has 0 bridgehead atoms. The normalized spacial score (nSPS) is 10.4. The Morgan fingerprint density at radius 2 is 2.00 bits per heavy atom. The van der Waals surface area contributed by atoms with Crippen LogP contribution >= 0.6 is 15.9 Å². The molecule has 0 aromatic heterocycles. The molecule has 0 N–H and O–H groups in total. The van der Waals surface area contributed by atoms with Gasteiger partial charge >= 0.3 is 0 Å². The van der Waals surface area contributed by atoms with Crippen molar-refractivity contribution >= 4 is 21.7 Å². The van der Waals surface area contributed by atoms with E-state index in [2.05, 4.69) is 15.9 Å². The summed E-state index contributed by atoms with van der Waals surface area (Å²) in [7, 11) is 0. The van der Waals surface area contributed by atoms with Crippen LogP contribution in [0.25, 0.3) is 0 Å². The summed E-state index contributed by atoms with van der Waals surface area (Å²) in [5, 5.41) is 0. The lowest BCUT2D eigenvalue weighted by atomic mass is 10.1. The number of carbonyl (C=O) groups excluding carboxylic acids is 1. The molecular formula is C10H9BrF2O. The monoisotopic (exact) mass is 262 g/mol. The predicted octanol–water partition coefficient (Wildman–Crippen LogP) is 3.17. The zero-order valence-electron chi connectivity index (χ0n) is 7.83. The van der Waals surface area contributed by atoms with Gasteiger partial charge in [-0.3, -0.25) is 4.79 Å². The molecule has 0 aliphatic carbocycles. The van der Waals surface area contributed by atoms with Crippen LogP contribution in [0.1, 0.15) is 18.1 Å². The van der Waals surface area contributed by atoms with Crippen molar-refractivity contribution in [1.29, 1.82) is 0 Å². The Labute approximate surface area is 89.3 Å². The third-order valence-corrected chi connectivity index (χ3v) is 2.43. The highest BCUT2D eigenvalue weighted by atomic mass is 79.9. The second kappa shape index (κ2) is 4.17. The predicted molar refractivity (Wildman–Crippen MR) is 53.2 cm³/mol. The van der Waals surface area contributed by atoms with Gasteiger partial charge in [-0.15, -0.1) is 0 Å². The lowest BCUT2D eigenvalue weighted by Crippen LogP contribution is -2.05. The second-order valence-electron chi connectivity index (χ2n) is 3.16. The first kappa shape index (κ1) is 11.3. The van der Waals surface area contributed by atoms with E-state index in [0.717, 1.165) is 0 Å². The van der Waals surface area contributed by atoms with Crippen LogP contribution in [0.3, 0.4) is 0 Å². The number of rotatable bonds is 2. The van der Waals surface area contributed by atoms with Gasteiger partial charge in [-0.1, -0.05) is 0 Å². The second-order valence-corrected chi connectivity index (χ2v) is 4.01. The van der Waals surface area contributed by atoms with E-state index < -0.39 is 11.6 Å². The summed E-state index contributed by atoms with van der Waals surface area (Å²) in [6.45, 7) is 2.83. The van der Waals surface area contributed by atoms with Crippen LogP contribution in [0.5, 0.6) is 0 Å². The van der Waals surface area contributed by atoms with E-state index in [1.807, 2.05) is 0 Å². The average molecular weight is 263 g/mol. The van der Waals surface area contributed by atoms with Crippen LogP contribution in [-0.2, 0) is 11.2 Å². The lowest BCUT2D eigenvalue weighted by Gasteiger charge is -2.07. The van der Waals surface area contributed by atoms with Crippen LogP contribution in [0.15, 0.2) is 10.5 Å². The third-order valence-electron chi connectivity index (χ3n) is 1.85. The fourth-order valence-electron chi connectivity index (χ4n) is 1.20. The minimum atomic E-state index is -0.691. The van der Waals surface area contributed by atoms with Crippen molar-refractivity contribution in [3.05, 3.63) is 33.3 Å². The van der Waals surface area contributed by atoms with E-state index in [4.69, 9.17) is 0 Å². The Bertz CT molecular complexity index is 362. The quantitative estimate of drug-likeness (QED) is 0.749. The van der Waals surface area contributed by atoms with Gasteiger partial charge in [0.05, 0.1) is 4.47 Å². The maximum atomic E-state index is 13.4. The summed E-state index contributed by atoms with van der Waals surface area (Å²) in [5.74, 6) is -1.59. The molecule has 0 aliphatic rings. The summed E-state index contributed by atoms with van der Waals surface area (Å²) in [6, 6.07) is 1.36. The number of hydrogen-bond acceptors (Lipinski definition) is 1. The smallest absolute Gasteiger partial charge is 0.143 e. The molecule has 0 heterocycles. The van der Waals surface area contributed by atoms with Crippen molar-refractivity contribution in [3.63, 3.8) is 0 Å². The summed E-state index contributed by atoms with van der Waals surface area (Å²) in [5.41, 5.74) is 0.166. The van der Waals surface area contributed by atoms with Crippen molar-refractivity contribution in [1.82, 2.24) is 0 Å². The molecule has 1 rings (SSSR count). The van der Waals surface area contributed by atoms with Crippen LogP contribution in [0.4, 0.5) is 8.78 Å². The minimum absolute atomic E-state index is 0.163. The number of halogens is 3. The topological polar surface area (TPSA) is 17.1 Å². The SMILES string of the molecule is CC(=O)Cc1c(F)c(C)cc(Br)c1F. The molecule has 0 atom stereocenters. The molecule has 1 aromatic carbocycles. The van der Waals surface area contributed by atoms with Gasteiger partial charge in [0.15, 0.2) is 0 Å². The molecule has 1 nitrogen and oxygen atoms in total. The van der Waals surface area contributed by atoms with E-state index in [9.17, 15) is 13.6 Å². The Balaban J connectivity index is 3.31. The summed E-state index contributed by atoms with van der Waals surface area (Å²) >= 11 is 2.97. The van der Waals surface area contributed by atoms with Gasteiger partial charge < -0.3 is 0 Å². The zero-order valence-corrected chi connectivity index (χ0v) is 9.41. The Kier molecular flexibility index (Phi) is 3.37. The maximum absolute atomic E-state index is 13.4. The van der Waals surface area contributed by atoms with E-state index in [-0.39, 0.29) is 22.2 Å². The molecule has 0 fully saturated rings. The van der Waals surface area contributed by atoms with Crippen LogP contribution in [0.2, 0.25) is 0 Å². The van der Waals surface area contributed by atoms with E-state index in [0.29, 0.717) is 5.56 Å². The van der Waals surface area contributed by atoms with E-state index >= 15 is 0 Å². The number of hydrogen-bond donors (Lipinski definition) is 0. The number of carbonyl (C=O) groups is 1. The summed E-state index contributed by atoms with van der Waals surface area (Å²) in [6.07, 6.45) is -0.210. The highest BCUT2D eigenvalue weighted by Crippen LogP contribution is 2.25. The van der Waals surface area contributed by atoms with Crippen molar-refractivity contribution in [2.75, 3.05) is 0 Å². The minimum Gasteiger partial charge on any atom is -0.300 e. The molecule has 76 valence electrons. The lowest BCUT2D eigenvalue weighted by molar-refractivity contribution is -0.116. The molecule has 0 spiro atoms. The van der Waals surface area contributed by atoms with Crippen LogP contribution in [0, 0.1) is 18.6 Å². The van der Waals surface area contributed by atoms with Gasteiger partial charge in [0, 0.05) is 12.0 Å². The fraction of sp³-hybridized carbons (Fsp3) is 0.300. The number of Topliss-reactive ketones (excluding diaryl/α,β-unsaturated/α-hetero) is 1. The molecule has 0 saturated heterocycles. The molecular weight excluding hydrogens is 254 g/mol. The molecule has 0 amide bonds. The summed E-state index contributed by atoms with van der Waals surface area (Å²) < 4.78 is 26.9. The first-order valence-electron chi connectivity index (χ1n) is 4.06. The largest absolute Gasteiger partial charge is 0.300 e. The Hall–Kier alpha value is -0.770. The molecule has 14 heavy (non-hydrogen) atoms. The first-order valence-corrected chi connectivity index (χ1v) is 4.85. The molecule has 0 aliphatic heterocycles. The van der Waals surface area contributed by atoms with E-state index in [1.165, 1.54) is 19.9 Å². The first-order chi connectivity index (χ1) is 6.43. The van der Waals surface area contributed by atoms with Crippen LogP contribution < -0.4 is 0 Å². The van der Waals surface area contributed by atoms with Gasteiger partial charge in [-0.25, -0.2) is 8.78 Å². The highest BCUT2D eigenvalue weighted by molar-refractivity contribution is 9.10. The van der Waals surface area contributed by atoms with Crippen molar-refractivity contribution < 1.29 is 13.6 Å². The van der Waals surface area contributed by atoms with Crippen molar-refractivity contribution in [2.24, 2.45) is 0 Å². The van der Waals surface area contributed by atoms with Gasteiger partial charge in [-0.2, -0.15) is 0 Å². The van der Waals surface area contributed by atoms with Crippen molar-refractivity contribution in [3.8, 4) is 0 Å². The third kappa shape index (κ3) is 2.18. The maximum Gasteiger partial charge on any atom is 0.143 e. The number of aryl methyl sites for hydroxylation is 1. The molecule has 1 aromatic rings. The number of ketones is 1. The Morgan fingerprint density at radius 1 is 1.43 bits per heavy atom. The molecule has 0 unspecified atom stereocenters. The molecule has 0 radical (unpaired) electrons. The molecule has 0 saturated carbocycles. The van der Waals surface area contributed by atoms with Gasteiger partial charge in [0.25, 0.3) is 0 Å². The molecule has 4 heteroatoms. The van der Waals surface area contributed by atoms with Gasteiger partial charge in [0.2, 0.25) is 0 Å². The van der Waals surface area contributed by atoms with Gasteiger partial charge in [-0.05, 0) is 41.4 Å².